The number of para-hydroxylation sites is 1. The summed E-state index contributed by atoms with van der Waals surface area (Å²) >= 11 is 0. The van der Waals surface area contributed by atoms with E-state index in [1.54, 1.807) is 49.5 Å². The Labute approximate surface area is 173 Å². The van der Waals surface area contributed by atoms with E-state index in [0.717, 1.165) is 5.56 Å². The molecule has 0 aliphatic heterocycles. The monoisotopic (exact) mass is 490 g/mol. The molecular formula is C18H21F2IN4O2. The van der Waals surface area contributed by atoms with Crippen LogP contribution in [0.1, 0.15) is 21.5 Å². The van der Waals surface area contributed by atoms with Gasteiger partial charge in [0, 0.05) is 31.3 Å². The molecule has 1 amide bonds. The average Bonchev–Trinajstić information content (AvgIpc) is 2.63. The maximum absolute atomic E-state index is 12.4. The number of hydrogen-bond donors (Lipinski definition) is 3. The number of benzene rings is 2. The fraction of sp³-hybridized carbons (Fsp3) is 0.222. The van der Waals surface area contributed by atoms with Gasteiger partial charge in [0.15, 0.2) is 5.96 Å². The fourth-order valence-corrected chi connectivity index (χ4v) is 2.23. The molecule has 2 rings (SSSR count). The average molecular weight is 490 g/mol. The second-order valence-electron chi connectivity index (χ2n) is 5.33. The molecule has 0 fully saturated rings. The number of amides is 1. The van der Waals surface area contributed by atoms with Crippen molar-refractivity contribution >= 4 is 35.8 Å². The normalized spacial score (nSPS) is 10.9. The molecule has 2 aromatic rings. The molecule has 0 aliphatic carbocycles. The predicted octanol–water partition coefficient (Wildman–Crippen LogP) is 2.87. The first kappa shape index (κ1) is 22.6. The number of nitrogens with one attached hydrogen (secondary N) is 2. The Kier molecular flexibility index (Phi) is 9.48. The van der Waals surface area contributed by atoms with Gasteiger partial charge in [-0.15, -0.1) is 24.0 Å². The summed E-state index contributed by atoms with van der Waals surface area (Å²) in [5, 5.41) is 6.14. The van der Waals surface area contributed by atoms with Crippen LogP contribution in [0.2, 0.25) is 0 Å². The Bertz CT molecular complexity index is 770. The molecule has 4 N–H and O–H groups in total. The number of ether oxygens (including phenoxy) is 1. The van der Waals surface area contributed by atoms with Crippen molar-refractivity contribution < 1.29 is 18.3 Å². The number of carbonyl (C=O) groups excluding carboxylic acids is 1. The summed E-state index contributed by atoms with van der Waals surface area (Å²) in [6.07, 6.45) is 0. The maximum Gasteiger partial charge on any atom is 0.387 e. The van der Waals surface area contributed by atoms with E-state index >= 15 is 0 Å². The van der Waals surface area contributed by atoms with Crippen molar-refractivity contribution in [2.45, 2.75) is 19.7 Å². The van der Waals surface area contributed by atoms with Gasteiger partial charge in [-0.3, -0.25) is 9.79 Å². The molecule has 0 atom stereocenters. The molecule has 146 valence electrons. The van der Waals surface area contributed by atoms with Crippen LogP contribution < -0.4 is 21.1 Å². The largest absolute Gasteiger partial charge is 0.434 e. The van der Waals surface area contributed by atoms with Crippen molar-refractivity contribution in [2.24, 2.45) is 10.7 Å². The molecule has 0 unspecified atom stereocenters. The number of nitrogens with two attached hydrogens (primary N) is 1. The topological polar surface area (TPSA) is 88.7 Å². The first-order chi connectivity index (χ1) is 12.5. The van der Waals surface area contributed by atoms with Gasteiger partial charge in [0.05, 0.1) is 0 Å². The maximum atomic E-state index is 12.4. The van der Waals surface area contributed by atoms with Gasteiger partial charge in [-0.05, 0) is 23.8 Å². The Balaban J connectivity index is 0.00000364. The van der Waals surface area contributed by atoms with Gasteiger partial charge >= 0.3 is 6.61 Å². The standard InChI is InChI=1S/C18H20F2N4O2.HI/c1-22-18(23-10-12-6-8-13(9-7-12)16(21)25)24-11-14-4-2-3-5-15(14)26-17(19)20;/h2-9,17H,10-11H2,1H3,(H2,21,25)(H2,22,23,24);1H. The molecule has 0 saturated heterocycles. The third kappa shape index (κ3) is 7.37. The van der Waals surface area contributed by atoms with Gasteiger partial charge in [-0.1, -0.05) is 30.3 Å². The van der Waals surface area contributed by atoms with Gasteiger partial charge in [0.2, 0.25) is 5.91 Å². The molecule has 27 heavy (non-hydrogen) atoms. The van der Waals surface area contributed by atoms with E-state index in [0.29, 0.717) is 23.6 Å². The Morgan fingerprint density at radius 1 is 1.11 bits per heavy atom. The molecule has 0 heterocycles. The van der Waals surface area contributed by atoms with E-state index in [1.165, 1.54) is 6.07 Å². The van der Waals surface area contributed by atoms with Crippen LogP contribution in [0.3, 0.4) is 0 Å². The second-order valence-corrected chi connectivity index (χ2v) is 5.33. The summed E-state index contributed by atoms with van der Waals surface area (Å²) in [5.74, 6) is 0.134. The highest BCUT2D eigenvalue weighted by Crippen LogP contribution is 2.19. The van der Waals surface area contributed by atoms with Gasteiger partial charge in [0.25, 0.3) is 0 Å². The van der Waals surface area contributed by atoms with Crippen molar-refractivity contribution in [3.8, 4) is 5.75 Å². The van der Waals surface area contributed by atoms with E-state index < -0.39 is 12.5 Å². The van der Waals surface area contributed by atoms with Crippen molar-refractivity contribution in [3.05, 3.63) is 65.2 Å². The van der Waals surface area contributed by atoms with Crippen molar-refractivity contribution in [1.82, 2.24) is 10.6 Å². The Morgan fingerprint density at radius 2 is 1.74 bits per heavy atom. The summed E-state index contributed by atoms with van der Waals surface area (Å²) in [6, 6.07) is 13.4. The smallest absolute Gasteiger partial charge is 0.387 e. The van der Waals surface area contributed by atoms with Crippen LogP contribution in [-0.2, 0) is 13.1 Å². The van der Waals surface area contributed by atoms with E-state index in [1.807, 2.05) is 0 Å². The molecule has 9 heteroatoms. The molecule has 0 radical (unpaired) electrons. The first-order valence-electron chi connectivity index (χ1n) is 7.85. The molecular weight excluding hydrogens is 469 g/mol. The van der Waals surface area contributed by atoms with Gasteiger partial charge in [-0.25, -0.2) is 0 Å². The summed E-state index contributed by atoms with van der Waals surface area (Å²) < 4.78 is 29.4. The first-order valence-corrected chi connectivity index (χ1v) is 7.85. The molecule has 0 aromatic heterocycles. The van der Waals surface area contributed by atoms with Crippen molar-refractivity contribution in [2.75, 3.05) is 7.05 Å². The van der Waals surface area contributed by atoms with E-state index in [4.69, 9.17) is 5.73 Å². The minimum absolute atomic E-state index is 0. The molecule has 6 nitrogen and oxygen atoms in total. The lowest BCUT2D eigenvalue weighted by molar-refractivity contribution is -0.0504. The number of primary amides is 1. The number of alkyl halides is 2. The summed E-state index contributed by atoms with van der Waals surface area (Å²) in [5.41, 5.74) is 7.16. The number of guanidine groups is 1. The van der Waals surface area contributed by atoms with Crippen LogP contribution >= 0.6 is 24.0 Å². The highest BCUT2D eigenvalue weighted by atomic mass is 127. The third-order valence-corrected chi connectivity index (χ3v) is 3.56. The van der Waals surface area contributed by atoms with E-state index in [2.05, 4.69) is 20.4 Å². The van der Waals surface area contributed by atoms with Crippen LogP contribution in [0.4, 0.5) is 8.78 Å². The quantitative estimate of drug-likeness (QED) is 0.317. The van der Waals surface area contributed by atoms with Crippen LogP contribution in [0, 0.1) is 0 Å². The number of halogens is 3. The highest BCUT2D eigenvalue weighted by Gasteiger charge is 2.09. The SMILES string of the molecule is CN=C(NCc1ccc(C(N)=O)cc1)NCc1ccccc1OC(F)F.I. The highest BCUT2D eigenvalue weighted by molar-refractivity contribution is 14.0. The second kappa shape index (κ2) is 11.3. The molecule has 0 bridgehead atoms. The van der Waals surface area contributed by atoms with Crippen LogP contribution in [0.25, 0.3) is 0 Å². The van der Waals surface area contributed by atoms with Crippen molar-refractivity contribution in [3.63, 3.8) is 0 Å². The number of nitrogens with zero attached hydrogens (tertiary/aromatic N) is 1. The van der Waals surface area contributed by atoms with Crippen LogP contribution in [-0.4, -0.2) is 25.5 Å². The Hall–Kier alpha value is -2.43. The van der Waals surface area contributed by atoms with Gasteiger partial charge in [0.1, 0.15) is 5.75 Å². The molecule has 0 saturated carbocycles. The number of hydrogen-bond acceptors (Lipinski definition) is 3. The van der Waals surface area contributed by atoms with E-state index in [-0.39, 0.29) is 36.3 Å². The van der Waals surface area contributed by atoms with E-state index in [9.17, 15) is 13.6 Å². The summed E-state index contributed by atoms with van der Waals surface area (Å²) in [7, 11) is 1.60. The third-order valence-electron chi connectivity index (χ3n) is 3.56. The van der Waals surface area contributed by atoms with Crippen LogP contribution in [0.15, 0.2) is 53.5 Å². The lowest BCUT2D eigenvalue weighted by atomic mass is 10.1. The Morgan fingerprint density at radius 3 is 2.33 bits per heavy atom. The number of aliphatic imine (C=N–C) groups is 1. The fourth-order valence-electron chi connectivity index (χ4n) is 2.23. The zero-order chi connectivity index (χ0) is 18.9. The summed E-state index contributed by atoms with van der Waals surface area (Å²) in [4.78, 5) is 15.1. The minimum atomic E-state index is -2.88. The number of rotatable bonds is 7. The predicted molar refractivity (Wildman–Crippen MR) is 110 cm³/mol. The summed E-state index contributed by atoms with van der Waals surface area (Å²) in [6.45, 7) is -2.14. The molecule has 0 spiro atoms. The van der Waals surface area contributed by atoms with Crippen molar-refractivity contribution in [1.29, 1.82) is 0 Å². The lowest BCUT2D eigenvalue weighted by Crippen LogP contribution is -2.36. The zero-order valence-corrected chi connectivity index (χ0v) is 16.9. The van der Waals surface area contributed by atoms with Crippen LogP contribution in [0.5, 0.6) is 5.75 Å². The lowest BCUT2D eigenvalue weighted by Gasteiger charge is -2.14. The van der Waals surface area contributed by atoms with Gasteiger partial charge < -0.3 is 21.1 Å². The molecule has 0 aliphatic rings. The number of carbonyl (C=O) groups is 1. The molecule has 2 aromatic carbocycles. The minimum Gasteiger partial charge on any atom is -0.434 e. The zero-order valence-electron chi connectivity index (χ0n) is 14.6. The van der Waals surface area contributed by atoms with Gasteiger partial charge in [-0.2, -0.15) is 8.78 Å².